The van der Waals surface area contributed by atoms with E-state index in [2.05, 4.69) is 5.43 Å². The second-order valence-electron chi connectivity index (χ2n) is 5.46. The van der Waals surface area contributed by atoms with Crippen molar-refractivity contribution in [3.8, 4) is 17.2 Å². The van der Waals surface area contributed by atoms with Crippen LogP contribution in [0.5, 0.6) is 17.2 Å². The van der Waals surface area contributed by atoms with Crippen LogP contribution in [0.1, 0.15) is 24.5 Å². The Labute approximate surface area is 149 Å². The fourth-order valence-electron chi connectivity index (χ4n) is 2.31. The monoisotopic (exact) mass is 364 g/mol. The van der Waals surface area contributed by atoms with Crippen molar-refractivity contribution in [3.05, 3.63) is 50.9 Å². The summed E-state index contributed by atoms with van der Waals surface area (Å²) in [4.78, 5) is 24.0. The molecule has 0 bridgehead atoms. The van der Waals surface area contributed by atoms with Crippen LogP contribution in [0, 0.1) is 6.92 Å². The van der Waals surface area contributed by atoms with Crippen LogP contribution in [0.2, 0.25) is 5.02 Å². The first-order valence-electron chi connectivity index (χ1n) is 7.74. The summed E-state index contributed by atoms with van der Waals surface area (Å²) in [6.45, 7) is 3.81. The zero-order valence-corrected chi connectivity index (χ0v) is 14.6. The van der Waals surface area contributed by atoms with Crippen LogP contribution in [-0.4, -0.2) is 17.4 Å². The van der Waals surface area contributed by atoms with Gasteiger partial charge in [-0.2, -0.15) is 0 Å². The summed E-state index contributed by atoms with van der Waals surface area (Å²) in [7, 11) is 0. The Bertz CT molecular complexity index is 878. The number of fused-ring (bicyclic) bond motifs is 1. The normalized spacial score (nSPS) is 12.1. The van der Waals surface area contributed by atoms with Crippen molar-refractivity contribution in [3.63, 3.8) is 0 Å². The summed E-state index contributed by atoms with van der Waals surface area (Å²) in [5.74, 6) is 0.750. The van der Waals surface area contributed by atoms with Crippen LogP contribution in [0.15, 0.2) is 29.2 Å². The van der Waals surface area contributed by atoms with E-state index in [9.17, 15) is 9.59 Å². The molecule has 3 rings (SSSR count). The number of rotatable bonds is 5. The van der Waals surface area contributed by atoms with Gasteiger partial charge in [0.1, 0.15) is 0 Å². The lowest BCUT2D eigenvalue weighted by Crippen LogP contribution is -2.30. The maximum Gasteiger partial charge on any atom is 0.312 e. The average molecular weight is 365 g/mol. The second-order valence-corrected chi connectivity index (χ2v) is 5.87. The van der Waals surface area contributed by atoms with Crippen LogP contribution >= 0.6 is 11.6 Å². The number of pyridine rings is 1. The first-order chi connectivity index (χ1) is 12.0. The minimum absolute atomic E-state index is 0.0126. The molecule has 2 heterocycles. The summed E-state index contributed by atoms with van der Waals surface area (Å²) in [5, 5.41) is 0.495. The molecule has 0 radical (unpaired) electrons. The number of esters is 1. The van der Waals surface area contributed by atoms with Crippen LogP contribution < -0.4 is 25.2 Å². The molecule has 25 heavy (non-hydrogen) atoms. The Morgan fingerprint density at radius 1 is 1.36 bits per heavy atom. The molecule has 0 saturated carbocycles. The van der Waals surface area contributed by atoms with Crippen LogP contribution in [0.4, 0.5) is 0 Å². The van der Waals surface area contributed by atoms with E-state index in [1.54, 1.807) is 38.2 Å². The largest absolute Gasteiger partial charge is 0.454 e. The van der Waals surface area contributed by atoms with Crippen molar-refractivity contribution in [2.24, 2.45) is 0 Å². The number of benzene rings is 1. The van der Waals surface area contributed by atoms with Gasteiger partial charge in [-0.05, 0) is 30.2 Å². The highest BCUT2D eigenvalue weighted by atomic mass is 35.5. The third-order valence-electron chi connectivity index (χ3n) is 3.73. The summed E-state index contributed by atoms with van der Waals surface area (Å²) in [6.07, 6.45) is 1.76. The lowest BCUT2D eigenvalue weighted by atomic mass is 10.2. The molecule has 1 N–H and O–H groups in total. The van der Waals surface area contributed by atoms with Gasteiger partial charge in [0.05, 0.1) is 6.54 Å². The van der Waals surface area contributed by atoms with Gasteiger partial charge in [0, 0.05) is 23.7 Å². The molecular weight excluding hydrogens is 348 g/mol. The third-order valence-corrected chi connectivity index (χ3v) is 4.08. The highest BCUT2D eigenvalue weighted by Crippen LogP contribution is 2.36. The molecule has 0 spiro atoms. The molecule has 0 saturated heterocycles. The van der Waals surface area contributed by atoms with Gasteiger partial charge >= 0.3 is 11.5 Å². The second kappa shape index (κ2) is 7.06. The number of carbonyl (C=O) groups is 1. The molecule has 0 atom stereocenters. The van der Waals surface area contributed by atoms with E-state index in [4.69, 9.17) is 25.8 Å². The Balaban J connectivity index is 1.81. The van der Waals surface area contributed by atoms with Crippen LogP contribution in [0.25, 0.3) is 0 Å². The third kappa shape index (κ3) is 3.56. The molecule has 1 aromatic carbocycles. The smallest absolute Gasteiger partial charge is 0.312 e. The molecule has 132 valence electrons. The van der Waals surface area contributed by atoms with Gasteiger partial charge < -0.3 is 19.6 Å². The number of aromatic nitrogens is 1. The maximum atomic E-state index is 12.5. The van der Waals surface area contributed by atoms with E-state index < -0.39 is 11.5 Å². The SMILES string of the molecule is CCC(=O)Oc1c(C)ccn(NCc2cc3c(cc2Cl)OCO3)c1=O. The molecule has 0 fully saturated rings. The first kappa shape index (κ1) is 17.2. The zero-order chi connectivity index (χ0) is 18.0. The number of halogens is 1. The van der Waals surface area contributed by atoms with E-state index in [-0.39, 0.29) is 25.5 Å². The average Bonchev–Trinajstić information content (AvgIpc) is 3.04. The minimum atomic E-state index is -0.461. The van der Waals surface area contributed by atoms with E-state index in [0.29, 0.717) is 22.1 Å². The van der Waals surface area contributed by atoms with E-state index in [1.165, 1.54) is 4.68 Å². The summed E-state index contributed by atoms with van der Waals surface area (Å²) in [5.41, 5.74) is 3.84. The molecule has 1 aliphatic rings. The number of aryl methyl sites for hydroxylation is 1. The van der Waals surface area contributed by atoms with Gasteiger partial charge in [0.25, 0.3) is 0 Å². The lowest BCUT2D eigenvalue weighted by molar-refractivity contribution is -0.134. The van der Waals surface area contributed by atoms with Gasteiger partial charge in [-0.25, -0.2) is 4.68 Å². The Morgan fingerprint density at radius 2 is 2.08 bits per heavy atom. The van der Waals surface area contributed by atoms with Gasteiger partial charge in [-0.3, -0.25) is 9.59 Å². The number of hydrogen-bond acceptors (Lipinski definition) is 6. The van der Waals surface area contributed by atoms with E-state index in [1.807, 2.05) is 0 Å². The Kier molecular flexibility index (Phi) is 4.85. The molecule has 1 aliphatic heterocycles. The fraction of sp³-hybridized carbons (Fsp3) is 0.294. The summed E-state index contributed by atoms with van der Waals surface area (Å²) >= 11 is 6.23. The standard InChI is InChI=1S/C17H17ClN2O5/c1-3-15(21)25-16-10(2)4-5-20(17(16)22)19-8-11-6-13-14(7-12(11)18)24-9-23-13/h4-7,19H,3,8-9H2,1-2H3. The van der Waals surface area contributed by atoms with Crippen molar-refractivity contribution in [1.82, 2.24) is 4.68 Å². The van der Waals surface area contributed by atoms with Crippen molar-refractivity contribution in [2.75, 3.05) is 12.2 Å². The molecule has 2 aromatic rings. The summed E-state index contributed by atoms with van der Waals surface area (Å²) < 4.78 is 17.0. The van der Waals surface area contributed by atoms with Gasteiger partial charge in [0.2, 0.25) is 12.5 Å². The van der Waals surface area contributed by atoms with Crippen molar-refractivity contribution in [1.29, 1.82) is 0 Å². The van der Waals surface area contributed by atoms with Crippen molar-refractivity contribution >= 4 is 17.6 Å². The Hall–Kier alpha value is -2.67. The highest BCUT2D eigenvalue weighted by Gasteiger charge is 2.17. The number of ether oxygens (including phenoxy) is 3. The number of hydrogen-bond donors (Lipinski definition) is 1. The predicted octanol–water partition coefficient (Wildman–Crippen LogP) is 2.60. The first-order valence-corrected chi connectivity index (χ1v) is 8.12. The van der Waals surface area contributed by atoms with Crippen molar-refractivity contribution < 1.29 is 19.0 Å². The fourth-order valence-corrected chi connectivity index (χ4v) is 2.53. The van der Waals surface area contributed by atoms with Crippen LogP contribution in [0.3, 0.4) is 0 Å². The Morgan fingerprint density at radius 3 is 2.80 bits per heavy atom. The van der Waals surface area contributed by atoms with E-state index >= 15 is 0 Å². The molecule has 1 aromatic heterocycles. The molecule has 0 amide bonds. The molecule has 0 unspecified atom stereocenters. The summed E-state index contributed by atoms with van der Waals surface area (Å²) in [6, 6.07) is 5.12. The minimum Gasteiger partial charge on any atom is -0.454 e. The zero-order valence-electron chi connectivity index (χ0n) is 13.8. The molecule has 0 aliphatic carbocycles. The number of carbonyl (C=O) groups excluding carboxylic acids is 1. The molecule has 7 nitrogen and oxygen atoms in total. The predicted molar refractivity (Wildman–Crippen MR) is 92.0 cm³/mol. The van der Waals surface area contributed by atoms with Gasteiger partial charge in [0.15, 0.2) is 11.5 Å². The molecular formula is C17H17ClN2O5. The lowest BCUT2D eigenvalue weighted by Gasteiger charge is -2.13. The van der Waals surface area contributed by atoms with Crippen LogP contribution in [-0.2, 0) is 11.3 Å². The topological polar surface area (TPSA) is 78.8 Å². The highest BCUT2D eigenvalue weighted by molar-refractivity contribution is 6.31. The van der Waals surface area contributed by atoms with Gasteiger partial charge in [-0.15, -0.1) is 0 Å². The number of nitrogens with one attached hydrogen (secondary N) is 1. The quantitative estimate of drug-likeness (QED) is 0.821. The number of nitrogens with zero attached hydrogens (tertiary/aromatic N) is 1. The maximum absolute atomic E-state index is 12.5. The van der Waals surface area contributed by atoms with Gasteiger partial charge in [-0.1, -0.05) is 18.5 Å². The van der Waals surface area contributed by atoms with Crippen molar-refractivity contribution in [2.45, 2.75) is 26.8 Å². The van der Waals surface area contributed by atoms with E-state index in [0.717, 1.165) is 5.56 Å². The molecule has 8 heteroatoms.